The summed E-state index contributed by atoms with van der Waals surface area (Å²) in [5.74, 6) is -0.273. The molecule has 1 aliphatic rings. The van der Waals surface area contributed by atoms with Crippen LogP contribution < -0.4 is 5.32 Å². The molecule has 0 unspecified atom stereocenters. The highest BCUT2D eigenvalue weighted by atomic mass is 35.5. The molecular formula is C17H16ClFN2O. The van der Waals surface area contributed by atoms with Gasteiger partial charge in [0.15, 0.2) is 0 Å². The largest absolute Gasteiger partial charge is 0.322 e. The summed E-state index contributed by atoms with van der Waals surface area (Å²) in [6, 6.07) is 13.2. The van der Waals surface area contributed by atoms with E-state index < -0.39 is 0 Å². The van der Waals surface area contributed by atoms with Gasteiger partial charge in [0, 0.05) is 12.1 Å². The standard InChI is InChI=1S/C17H16ClFN2O/c18-13-7-2-4-9-15(13)20-17(22)21-11-5-10-16(21)12-6-1-3-8-14(12)19/h1-4,6-9,16H,5,10-11H2,(H,20,22)/t16-/m1/s1. The SMILES string of the molecule is O=C(Nc1ccccc1Cl)N1CCC[C@@H]1c1ccccc1F. The van der Waals surface area contributed by atoms with Gasteiger partial charge in [0.2, 0.25) is 0 Å². The van der Waals surface area contributed by atoms with Gasteiger partial charge in [0.25, 0.3) is 0 Å². The lowest BCUT2D eigenvalue weighted by atomic mass is 10.0. The van der Waals surface area contributed by atoms with Crippen molar-refractivity contribution in [1.82, 2.24) is 4.90 Å². The first-order valence-corrected chi connectivity index (χ1v) is 7.61. The molecule has 2 amide bonds. The maximum atomic E-state index is 14.0. The zero-order valence-electron chi connectivity index (χ0n) is 11.9. The van der Waals surface area contributed by atoms with Crippen molar-refractivity contribution in [1.29, 1.82) is 0 Å². The number of carbonyl (C=O) groups excluding carboxylic acids is 1. The van der Waals surface area contributed by atoms with Crippen molar-refractivity contribution in [2.45, 2.75) is 18.9 Å². The van der Waals surface area contributed by atoms with Gasteiger partial charge in [0.1, 0.15) is 5.82 Å². The Morgan fingerprint density at radius 3 is 2.68 bits per heavy atom. The van der Waals surface area contributed by atoms with Gasteiger partial charge in [-0.15, -0.1) is 0 Å². The molecule has 1 fully saturated rings. The van der Waals surface area contributed by atoms with Crippen molar-refractivity contribution in [2.24, 2.45) is 0 Å². The van der Waals surface area contributed by atoms with Crippen molar-refractivity contribution in [2.75, 3.05) is 11.9 Å². The summed E-state index contributed by atoms with van der Waals surface area (Å²) in [6.07, 6.45) is 1.62. The van der Waals surface area contributed by atoms with Gasteiger partial charge in [-0.25, -0.2) is 9.18 Å². The number of amides is 2. The topological polar surface area (TPSA) is 32.3 Å². The van der Waals surface area contributed by atoms with Gasteiger partial charge in [0.05, 0.1) is 16.8 Å². The molecule has 2 aromatic carbocycles. The van der Waals surface area contributed by atoms with Gasteiger partial charge in [-0.1, -0.05) is 41.9 Å². The molecule has 114 valence electrons. The Labute approximate surface area is 133 Å². The molecule has 3 rings (SSSR count). The Morgan fingerprint density at radius 1 is 1.18 bits per heavy atom. The van der Waals surface area contributed by atoms with Gasteiger partial charge in [-0.05, 0) is 31.0 Å². The minimum absolute atomic E-state index is 0.233. The molecule has 0 aromatic heterocycles. The molecule has 0 spiro atoms. The van der Waals surface area contributed by atoms with Crippen molar-refractivity contribution in [3.63, 3.8) is 0 Å². The average Bonchev–Trinajstić information content (AvgIpc) is 2.99. The van der Waals surface area contributed by atoms with Gasteiger partial charge in [-0.3, -0.25) is 0 Å². The molecular weight excluding hydrogens is 303 g/mol. The normalized spacial score (nSPS) is 17.5. The molecule has 1 saturated heterocycles. The fraction of sp³-hybridized carbons (Fsp3) is 0.235. The van der Waals surface area contributed by atoms with Crippen LogP contribution in [-0.4, -0.2) is 17.5 Å². The second-order valence-electron chi connectivity index (χ2n) is 5.28. The second-order valence-corrected chi connectivity index (χ2v) is 5.69. The number of halogens is 2. The quantitative estimate of drug-likeness (QED) is 0.843. The van der Waals surface area contributed by atoms with Crippen molar-refractivity contribution in [3.05, 3.63) is 64.9 Å². The number of carbonyl (C=O) groups is 1. The Balaban J connectivity index is 1.80. The minimum atomic E-state index is -0.273. The van der Waals surface area contributed by atoms with Crippen LogP contribution in [0.25, 0.3) is 0 Å². The highest BCUT2D eigenvalue weighted by Gasteiger charge is 2.31. The lowest BCUT2D eigenvalue weighted by Crippen LogP contribution is -2.34. The monoisotopic (exact) mass is 318 g/mol. The average molecular weight is 319 g/mol. The number of nitrogens with one attached hydrogen (secondary N) is 1. The number of hydrogen-bond acceptors (Lipinski definition) is 1. The van der Waals surface area contributed by atoms with Crippen molar-refractivity contribution in [3.8, 4) is 0 Å². The predicted molar refractivity (Wildman–Crippen MR) is 85.6 cm³/mol. The van der Waals surface area contributed by atoms with E-state index in [1.165, 1.54) is 6.07 Å². The Morgan fingerprint density at radius 2 is 1.91 bits per heavy atom. The van der Waals surface area contributed by atoms with E-state index in [0.29, 0.717) is 22.8 Å². The molecule has 3 nitrogen and oxygen atoms in total. The van der Waals surface area contributed by atoms with E-state index in [9.17, 15) is 9.18 Å². The van der Waals surface area contributed by atoms with Crippen LogP contribution in [-0.2, 0) is 0 Å². The molecule has 1 atom stereocenters. The molecule has 2 aromatic rings. The van der Waals surface area contributed by atoms with Crippen LogP contribution in [0, 0.1) is 5.82 Å². The van der Waals surface area contributed by atoms with Crippen LogP contribution in [0.3, 0.4) is 0 Å². The molecule has 0 aliphatic carbocycles. The van der Waals surface area contributed by atoms with E-state index in [2.05, 4.69) is 5.32 Å². The Kier molecular flexibility index (Phi) is 4.29. The zero-order valence-corrected chi connectivity index (χ0v) is 12.7. The highest BCUT2D eigenvalue weighted by molar-refractivity contribution is 6.33. The Hall–Kier alpha value is -2.07. The van der Waals surface area contributed by atoms with Gasteiger partial charge < -0.3 is 10.2 Å². The zero-order chi connectivity index (χ0) is 15.5. The first-order valence-electron chi connectivity index (χ1n) is 7.23. The summed E-state index contributed by atoms with van der Waals surface area (Å²) in [4.78, 5) is 14.2. The molecule has 1 heterocycles. The van der Waals surface area contributed by atoms with Crippen molar-refractivity contribution >= 4 is 23.3 Å². The van der Waals surface area contributed by atoms with Crippen LogP contribution in [0.2, 0.25) is 5.02 Å². The summed E-state index contributed by atoms with van der Waals surface area (Å²) in [5.41, 5.74) is 1.13. The number of para-hydroxylation sites is 1. The number of anilines is 1. The molecule has 22 heavy (non-hydrogen) atoms. The van der Waals surface area contributed by atoms with E-state index in [0.717, 1.165) is 12.8 Å². The minimum Gasteiger partial charge on any atom is -0.317 e. The maximum absolute atomic E-state index is 14.0. The number of rotatable bonds is 2. The Bertz CT molecular complexity index is 692. The number of likely N-dealkylation sites (tertiary alicyclic amines) is 1. The smallest absolute Gasteiger partial charge is 0.317 e. The summed E-state index contributed by atoms with van der Waals surface area (Å²) < 4.78 is 14.0. The third-order valence-electron chi connectivity index (χ3n) is 3.89. The van der Waals surface area contributed by atoms with Gasteiger partial charge in [-0.2, -0.15) is 0 Å². The number of benzene rings is 2. The van der Waals surface area contributed by atoms with Crippen molar-refractivity contribution < 1.29 is 9.18 Å². The molecule has 0 radical (unpaired) electrons. The molecule has 1 aliphatic heterocycles. The third kappa shape index (κ3) is 2.92. The first-order chi connectivity index (χ1) is 10.7. The predicted octanol–water partition coefficient (Wildman–Crippen LogP) is 4.85. The van der Waals surface area contributed by atoms with Crippen LogP contribution in [0.4, 0.5) is 14.9 Å². The number of urea groups is 1. The van der Waals surface area contributed by atoms with E-state index in [1.807, 2.05) is 0 Å². The molecule has 0 saturated carbocycles. The van der Waals surface area contributed by atoms with Gasteiger partial charge >= 0.3 is 6.03 Å². The summed E-state index contributed by atoms with van der Waals surface area (Å²) in [7, 11) is 0. The van der Waals surface area contributed by atoms with Crippen LogP contribution in [0.5, 0.6) is 0 Å². The summed E-state index contributed by atoms with van der Waals surface area (Å²) in [5, 5.41) is 3.29. The number of hydrogen-bond donors (Lipinski definition) is 1. The van der Waals surface area contributed by atoms with E-state index >= 15 is 0 Å². The fourth-order valence-electron chi connectivity index (χ4n) is 2.83. The summed E-state index contributed by atoms with van der Waals surface area (Å²) in [6.45, 7) is 0.606. The van der Waals surface area contributed by atoms with Crippen LogP contribution in [0.15, 0.2) is 48.5 Å². The van der Waals surface area contributed by atoms with E-state index in [4.69, 9.17) is 11.6 Å². The second kappa shape index (κ2) is 6.36. The first kappa shape index (κ1) is 14.9. The van der Waals surface area contributed by atoms with Crippen LogP contribution in [0.1, 0.15) is 24.4 Å². The molecule has 5 heteroatoms. The fourth-order valence-corrected chi connectivity index (χ4v) is 3.01. The van der Waals surface area contributed by atoms with E-state index in [-0.39, 0.29) is 17.9 Å². The lowest BCUT2D eigenvalue weighted by Gasteiger charge is -2.25. The lowest BCUT2D eigenvalue weighted by molar-refractivity contribution is 0.206. The third-order valence-corrected chi connectivity index (χ3v) is 4.22. The molecule has 0 bridgehead atoms. The highest BCUT2D eigenvalue weighted by Crippen LogP contribution is 2.34. The summed E-state index contributed by atoms with van der Waals surface area (Å²) >= 11 is 6.06. The number of nitrogens with zero attached hydrogens (tertiary/aromatic N) is 1. The maximum Gasteiger partial charge on any atom is 0.322 e. The van der Waals surface area contributed by atoms with E-state index in [1.54, 1.807) is 47.4 Å². The van der Waals surface area contributed by atoms with Crippen LogP contribution >= 0.6 is 11.6 Å². The molecule has 1 N–H and O–H groups in total.